The third-order valence-electron chi connectivity index (χ3n) is 2.26. The van der Waals surface area contributed by atoms with Crippen LogP contribution in [0.4, 0.5) is 8.78 Å². The van der Waals surface area contributed by atoms with Crippen molar-refractivity contribution in [3.63, 3.8) is 0 Å². The van der Waals surface area contributed by atoms with E-state index in [9.17, 15) is 8.78 Å². The summed E-state index contributed by atoms with van der Waals surface area (Å²) in [4.78, 5) is 0. The molecule has 0 saturated carbocycles. The van der Waals surface area contributed by atoms with Crippen molar-refractivity contribution in [1.29, 1.82) is 0 Å². The topological polar surface area (TPSA) is 9.23 Å². The van der Waals surface area contributed by atoms with Crippen LogP contribution < -0.4 is 0 Å². The summed E-state index contributed by atoms with van der Waals surface area (Å²) in [6.45, 7) is 5.88. The first-order chi connectivity index (χ1) is 7.48. The highest BCUT2D eigenvalue weighted by molar-refractivity contribution is 4.94. The Hall–Kier alpha value is -0.440. The molecule has 0 aromatic rings. The Bertz CT molecular complexity index is 188. The Morgan fingerprint density at radius 3 is 2.50 bits per heavy atom. The van der Waals surface area contributed by atoms with Crippen LogP contribution in [0.25, 0.3) is 0 Å². The van der Waals surface area contributed by atoms with Gasteiger partial charge in [0.15, 0.2) is 0 Å². The molecule has 0 aliphatic carbocycles. The molecule has 0 amide bonds. The lowest BCUT2D eigenvalue weighted by molar-refractivity contribution is -0.0367. The summed E-state index contributed by atoms with van der Waals surface area (Å²) in [6, 6.07) is 0. The molecule has 0 unspecified atom stereocenters. The molecular formula is C13H24F2O. The van der Waals surface area contributed by atoms with E-state index in [-0.39, 0.29) is 0 Å². The van der Waals surface area contributed by atoms with Gasteiger partial charge < -0.3 is 4.74 Å². The van der Waals surface area contributed by atoms with Gasteiger partial charge in [-0.1, -0.05) is 32.8 Å². The second-order valence-corrected chi connectivity index (χ2v) is 4.48. The van der Waals surface area contributed by atoms with Crippen molar-refractivity contribution in [1.82, 2.24) is 0 Å². The standard InChI is InChI=1S/C13H24F2O/c1-4-16-11-13(14,15)10-8-6-5-7-9-12(2)3/h8,10,12H,4-7,9,11H2,1-3H3/b10-8+. The Labute approximate surface area is 97.9 Å². The van der Waals surface area contributed by atoms with Crippen LogP contribution in [0.1, 0.15) is 46.5 Å². The average Bonchev–Trinajstić information content (AvgIpc) is 2.20. The summed E-state index contributed by atoms with van der Waals surface area (Å²) in [5.41, 5.74) is 0. The second kappa shape index (κ2) is 8.68. The molecule has 0 aromatic carbocycles. The summed E-state index contributed by atoms with van der Waals surface area (Å²) in [6.07, 6.45) is 6.54. The minimum atomic E-state index is -2.81. The Kier molecular flexibility index (Phi) is 8.44. The Balaban J connectivity index is 3.57. The van der Waals surface area contributed by atoms with Crippen LogP contribution in [0.5, 0.6) is 0 Å². The third kappa shape index (κ3) is 10.1. The van der Waals surface area contributed by atoms with E-state index >= 15 is 0 Å². The highest BCUT2D eigenvalue weighted by Crippen LogP contribution is 2.16. The van der Waals surface area contributed by atoms with E-state index < -0.39 is 12.5 Å². The molecule has 0 bridgehead atoms. The van der Waals surface area contributed by atoms with Gasteiger partial charge in [-0.2, -0.15) is 8.78 Å². The number of rotatable bonds is 9. The molecular weight excluding hydrogens is 210 g/mol. The largest absolute Gasteiger partial charge is 0.375 e. The van der Waals surface area contributed by atoms with Gasteiger partial charge in [-0.3, -0.25) is 0 Å². The van der Waals surface area contributed by atoms with Crippen LogP contribution in [-0.2, 0) is 4.74 Å². The van der Waals surface area contributed by atoms with Crippen molar-refractivity contribution >= 4 is 0 Å². The molecule has 96 valence electrons. The van der Waals surface area contributed by atoms with Crippen molar-refractivity contribution in [2.45, 2.75) is 52.4 Å². The lowest BCUT2D eigenvalue weighted by atomic mass is 10.1. The molecule has 0 N–H and O–H groups in total. The zero-order valence-corrected chi connectivity index (χ0v) is 10.6. The van der Waals surface area contributed by atoms with Crippen molar-refractivity contribution in [3.8, 4) is 0 Å². The smallest absolute Gasteiger partial charge is 0.289 e. The number of unbranched alkanes of at least 4 members (excludes halogenated alkanes) is 2. The van der Waals surface area contributed by atoms with Gasteiger partial charge in [0.1, 0.15) is 6.61 Å². The van der Waals surface area contributed by atoms with E-state index in [0.717, 1.165) is 25.3 Å². The Morgan fingerprint density at radius 2 is 1.94 bits per heavy atom. The van der Waals surface area contributed by atoms with Gasteiger partial charge in [-0.15, -0.1) is 0 Å². The molecule has 3 heteroatoms. The number of alkyl halides is 2. The molecule has 0 heterocycles. The van der Waals surface area contributed by atoms with Crippen molar-refractivity contribution in [2.24, 2.45) is 5.92 Å². The fourth-order valence-electron chi connectivity index (χ4n) is 1.36. The van der Waals surface area contributed by atoms with Crippen LogP contribution in [0.3, 0.4) is 0 Å². The SMILES string of the molecule is CCOCC(F)(F)/C=C/CCCCC(C)C. The maximum Gasteiger partial charge on any atom is 0.289 e. The first-order valence-corrected chi connectivity index (χ1v) is 6.11. The summed E-state index contributed by atoms with van der Waals surface area (Å²) < 4.78 is 30.8. The van der Waals surface area contributed by atoms with E-state index in [1.807, 2.05) is 0 Å². The molecule has 0 rings (SSSR count). The number of ether oxygens (including phenoxy) is 1. The van der Waals surface area contributed by atoms with Crippen LogP contribution >= 0.6 is 0 Å². The molecule has 0 fully saturated rings. The van der Waals surface area contributed by atoms with E-state index in [1.54, 1.807) is 13.0 Å². The number of allylic oxidation sites excluding steroid dienone is 1. The van der Waals surface area contributed by atoms with Crippen LogP contribution in [0.15, 0.2) is 12.2 Å². The molecule has 1 nitrogen and oxygen atoms in total. The monoisotopic (exact) mass is 234 g/mol. The van der Waals surface area contributed by atoms with Crippen LogP contribution in [-0.4, -0.2) is 19.1 Å². The van der Waals surface area contributed by atoms with E-state index in [0.29, 0.717) is 12.5 Å². The zero-order valence-electron chi connectivity index (χ0n) is 10.6. The van der Waals surface area contributed by atoms with Crippen molar-refractivity contribution in [3.05, 3.63) is 12.2 Å². The van der Waals surface area contributed by atoms with Gasteiger partial charge in [0.05, 0.1) is 0 Å². The fourth-order valence-corrected chi connectivity index (χ4v) is 1.36. The molecule has 16 heavy (non-hydrogen) atoms. The van der Waals surface area contributed by atoms with E-state index in [1.165, 1.54) is 6.42 Å². The highest BCUT2D eigenvalue weighted by Gasteiger charge is 2.24. The second-order valence-electron chi connectivity index (χ2n) is 4.48. The number of hydrogen-bond donors (Lipinski definition) is 0. The summed E-state index contributed by atoms with van der Waals surface area (Å²) in [5.74, 6) is -2.11. The first kappa shape index (κ1) is 15.6. The minimum absolute atomic E-state index is 0.331. The number of halogens is 2. The van der Waals surface area contributed by atoms with Crippen molar-refractivity contribution < 1.29 is 13.5 Å². The van der Waals surface area contributed by atoms with Crippen molar-refractivity contribution in [2.75, 3.05) is 13.2 Å². The van der Waals surface area contributed by atoms with Gasteiger partial charge in [0.2, 0.25) is 0 Å². The Morgan fingerprint density at radius 1 is 1.25 bits per heavy atom. The third-order valence-corrected chi connectivity index (χ3v) is 2.26. The number of hydrogen-bond acceptors (Lipinski definition) is 1. The maximum atomic E-state index is 13.0. The lowest BCUT2D eigenvalue weighted by Crippen LogP contribution is -2.20. The van der Waals surface area contributed by atoms with Gasteiger partial charge in [0.25, 0.3) is 5.92 Å². The maximum absolute atomic E-state index is 13.0. The molecule has 0 aliphatic rings. The quantitative estimate of drug-likeness (QED) is 0.423. The average molecular weight is 234 g/mol. The molecule has 0 atom stereocenters. The van der Waals surface area contributed by atoms with Gasteiger partial charge >= 0.3 is 0 Å². The van der Waals surface area contributed by atoms with E-state index in [2.05, 4.69) is 13.8 Å². The van der Waals surface area contributed by atoms with Gasteiger partial charge in [-0.05, 0) is 31.8 Å². The van der Waals surface area contributed by atoms with Gasteiger partial charge in [-0.25, -0.2) is 0 Å². The lowest BCUT2D eigenvalue weighted by Gasteiger charge is -2.10. The fraction of sp³-hybridized carbons (Fsp3) is 0.846. The molecule has 0 spiro atoms. The molecule has 0 aliphatic heterocycles. The minimum Gasteiger partial charge on any atom is -0.375 e. The summed E-state index contributed by atoms with van der Waals surface area (Å²) >= 11 is 0. The summed E-state index contributed by atoms with van der Waals surface area (Å²) in [5, 5.41) is 0. The van der Waals surface area contributed by atoms with Gasteiger partial charge in [0, 0.05) is 6.61 Å². The molecule has 0 aromatic heterocycles. The predicted molar refractivity (Wildman–Crippen MR) is 63.9 cm³/mol. The highest BCUT2D eigenvalue weighted by atomic mass is 19.3. The van der Waals surface area contributed by atoms with Crippen LogP contribution in [0, 0.1) is 5.92 Å². The molecule has 0 radical (unpaired) electrons. The van der Waals surface area contributed by atoms with E-state index in [4.69, 9.17) is 4.74 Å². The first-order valence-electron chi connectivity index (χ1n) is 6.11. The summed E-state index contributed by atoms with van der Waals surface area (Å²) in [7, 11) is 0. The predicted octanol–water partition coefficient (Wildman–Crippen LogP) is 4.43. The van der Waals surface area contributed by atoms with Crippen LogP contribution in [0.2, 0.25) is 0 Å². The normalized spacial score (nSPS) is 12.9. The molecule has 0 saturated heterocycles. The zero-order chi connectivity index (χ0) is 12.4.